The normalized spacial score (nSPS) is 16.0. The molecule has 116 valence electrons. The van der Waals surface area contributed by atoms with Crippen LogP contribution in [0.2, 0.25) is 0 Å². The Bertz CT molecular complexity index is 742. The largest absolute Gasteiger partial charge is 0.453 e. The zero-order valence-electron chi connectivity index (χ0n) is 12.4. The zero-order chi connectivity index (χ0) is 15.5. The van der Waals surface area contributed by atoms with Crippen LogP contribution in [0, 0.1) is 11.7 Å². The number of carbonyl (C=O) groups excluding carboxylic acids is 1. The number of ketones is 1. The van der Waals surface area contributed by atoms with Gasteiger partial charge in [0.05, 0.1) is 5.39 Å². The Morgan fingerprint density at radius 1 is 1.18 bits per heavy atom. The highest BCUT2D eigenvalue weighted by molar-refractivity contribution is 5.94. The first-order valence-electron chi connectivity index (χ1n) is 7.90. The minimum absolute atomic E-state index is 0.0407. The number of Topliss-reactive ketones (excluding diaryl/α,β-unsaturated/α-hetero) is 1. The molecule has 3 nitrogen and oxygen atoms in total. The van der Waals surface area contributed by atoms with Crippen molar-refractivity contribution in [1.82, 2.24) is 0 Å². The summed E-state index contributed by atoms with van der Waals surface area (Å²) in [7, 11) is 0. The van der Waals surface area contributed by atoms with Gasteiger partial charge < -0.3 is 4.42 Å². The summed E-state index contributed by atoms with van der Waals surface area (Å²) in [5, 5.41) is 0.297. The van der Waals surface area contributed by atoms with Gasteiger partial charge in [0.15, 0.2) is 17.0 Å². The summed E-state index contributed by atoms with van der Waals surface area (Å²) in [6.45, 7) is 0. The van der Waals surface area contributed by atoms with E-state index in [0.717, 1.165) is 12.5 Å². The molecule has 4 heteroatoms. The van der Waals surface area contributed by atoms with E-state index in [1.165, 1.54) is 50.3 Å². The molecule has 0 saturated heterocycles. The maximum Gasteiger partial charge on any atom is 0.198 e. The molecule has 1 fully saturated rings. The number of halogens is 1. The summed E-state index contributed by atoms with van der Waals surface area (Å²) >= 11 is 0. The van der Waals surface area contributed by atoms with Crippen LogP contribution in [0.5, 0.6) is 0 Å². The van der Waals surface area contributed by atoms with E-state index in [1.807, 2.05) is 0 Å². The van der Waals surface area contributed by atoms with Crippen molar-refractivity contribution in [3.8, 4) is 0 Å². The van der Waals surface area contributed by atoms with Crippen molar-refractivity contribution >= 4 is 16.8 Å². The van der Waals surface area contributed by atoms with Crippen molar-refractivity contribution in [2.24, 2.45) is 5.92 Å². The van der Waals surface area contributed by atoms with Gasteiger partial charge >= 0.3 is 0 Å². The average molecular weight is 302 g/mol. The minimum Gasteiger partial charge on any atom is -0.453 e. The van der Waals surface area contributed by atoms with Crippen molar-refractivity contribution in [3.63, 3.8) is 0 Å². The molecular formula is C18H19FO3. The number of hydrogen-bond acceptors (Lipinski definition) is 3. The second-order valence-corrected chi connectivity index (χ2v) is 6.08. The molecular weight excluding hydrogens is 283 g/mol. The molecule has 3 rings (SSSR count). The first-order valence-corrected chi connectivity index (χ1v) is 7.90. The summed E-state index contributed by atoms with van der Waals surface area (Å²) in [5.41, 5.74) is -0.171. The predicted molar refractivity (Wildman–Crippen MR) is 82.6 cm³/mol. The molecule has 0 aliphatic heterocycles. The van der Waals surface area contributed by atoms with Crippen LogP contribution in [0.1, 0.15) is 55.5 Å². The van der Waals surface area contributed by atoms with Crippen LogP contribution < -0.4 is 5.43 Å². The fourth-order valence-electron chi connectivity index (χ4n) is 3.20. The first-order chi connectivity index (χ1) is 10.6. The van der Waals surface area contributed by atoms with Crippen LogP contribution in [-0.2, 0) is 0 Å². The quantitative estimate of drug-likeness (QED) is 0.783. The van der Waals surface area contributed by atoms with Gasteiger partial charge in [-0.3, -0.25) is 9.59 Å². The number of fused-ring (bicyclic) bond motifs is 1. The van der Waals surface area contributed by atoms with Gasteiger partial charge in [-0.05, 0) is 24.5 Å². The lowest BCUT2D eigenvalue weighted by Gasteiger charge is -2.20. The van der Waals surface area contributed by atoms with E-state index >= 15 is 0 Å². The Kier molecular flexibility index (Phi) is 4.36. The molecule has 22 heavy (non-hydrogen) atoms. The first kappa shape index (κ1) is 14.9. The van der Waals surface area contributed by atoms with Crippen molar-refractivity contribution < 1.29 is 13.6 Å². The van der Waals surface area contributed by atoms with Crippen LogP contribution in [0.3, 0.4) is 0 Å². The van der Waals surface area contributed by atoms with Gasteiger partial charge in [0.1, 0.15) is 11.4 Å². The lowest BCUT2D eigenvalue weighted by molar-refractivity contribution is 0.0943. The molecule has 2 aromatic rings. The average Bonchev–Trinajstić information content (AvgIpc) is 2.53. The zero-order valence-corrected chi connectivity index (χ0v) is 12.4. The fraction of sp³-hybridized carbons (Fsp3) is 0.444. The summed E-state index contributed by atoms with van der Waals surface area (Å²) in [4.78, 5) is 24.2. The maximum atomic E-state index is 13.2. The van der Waals surface area contributed by atoms with E-state index in [4.69, 9.17) is 4.42 Å². The van der Waals surface area contributed by atoms with Crippen LogP contribution >= 0.6 is 0 Å². The lowest BCUT2D eigenvalue weighted by atomic mass is 9.85. The van der Waals surface area contributed by atoms with E-state index < -0.39 is 5.82 Å². The predicted octanol–water partition coefficient (Wildman–Crippen LogP) is 4.48. The SMILES string of the molecule is O=C(CCC1CCCCC1)c1cc(=O)c2ccc(F)cc2o1. The summed E-state index contributed by atoms with van der Waals surface area (Å²) in [6.07, 6.45) is 7.35. The molecule has 0 atom stereocenters. The van der Waals surface area contributed by atoms with Gasteiger partial charge in [-0.15, -0.1) is 0 Å². The molecule has 0 unspecified atom stereocenters. The van der Waals surface area contributed by atoms with Gasteiger partial charge in [0, 0.05) is 18.6 Å². The Morgan fingerprint density at radius 2 is 1.95 bits per heavy atom. The second kappa shape index (κ2) is 6.42. The third-order valence-electron chi connectivity index (χ3n) is 4.47. The fourth-order valence-corrected chi connectivity index (χ4v) is 3.20. The van der Waals surface area contributed by atoms with Crippen molar-refractivity contribution in [2.45, 2.75) is 44.9 Å². The highest BCUT2D eigenvalue weighted by Crippen LogP contribution is 2.28. The molecule has 1 aromatic heterocycles. The highest BCUT2D eigenvalue weighted by Gasteiger charge is 2.17. The van der Waals surface area contributed by atoms with E-state index in [0.29, 0.717) is 17.7 Å². The number of benzene rings is 1. The number of carbonyl (C=O) groups is 1. The maximum absolute atomic E-state index is 13.2. The standard InChI is InChI=1S/C18H19FO3/c19-13-7-8-14-16(21)11-18(22-17(14)10-13)15(20)9-6-12-4-2-1-3-5-12/h7-8,10-12H,1-6,9H2. The molecule has 0 radical (unpaired) electrons. The van der Waals surface area contributed by atoms with Crippen molar-refractivity contribution in [2.75, 3.05) is 0 Å². The van der Waals surface area contributed by atoms with Gasteiger partial charge in [-0.25, -0.2) is 4.39 Å². The van der Waals surface area contributed by atoms with Crippen LogP contribution in [0.15, 0.2) is 33.5 Å². The van der Waals surface area contributed by atoms with E-state index in [2.05, 4.69) is 0 Å². The van der Waals surface area contributed by atoms with E-state index in [9.17, 15) is 14.0 Å². The van der Waals surface area contributed by atoms with E-state index in [1.54, 1.807) is 0 Å². The van der Waals surface area contributed by atoms with Gasteiger partial charge in [0.25, 0.3) is 0 Å². The summed E-state index contributed by atoms with van der Waals surface area (Å²) in [5.74, 6) is -0.0162. The molecule has 1 heterocycles. The van der Waals surface area contributed by atoms with Crippen LogP contribution in [0.4, 0.5) is 4.39 Å². The molecule has 1 aromatic carbocycles. The minimum atomic E-state index is -0.484. The van der Waals surface area contributed by atoms with E-state index in [-0.39, 0.29) is 22.6 Å². The topological polar surface area (TPSA) is 47.3 Å². The molecule has 0 amide bonds. The molecule has 0 spiro atoms. The summed E-state index contributed by atoms with van der Waals surface area (Å²) < 4.78 is 18.7. The monoisotopic (exact) mass is 302 g/mol. The Labute approximate surface area is 128 Å². The third kappa shape index (κ3) is 3.26. The molecule has 1 aliphatic rings. The van der Waals surface area contributed by atoms with Gasteiger partial charge in [-0.1, -0.05) is 32.1 Å². The number of hydrogen-bond donors (Lipinski definition) is 0. The third-order valence-corrected chi connectivity index (χ3v) is 4.47. The molecule has 1 saturated carbocycles. The lowest BCUT2D eigenvalue weighted by Crippen LogP contribution is -2.11. The summed E-state index contributed by atoms with van der Waals surface area (Å²) in [6, 6.07) is 4.97. The van der Waals surface area contributed by atoms with Crippen LogP contribution in [-0.4, -0.2) is 5.78 Å². The molecule has 1 aliphatic carbocycles. The van der Waals surface area contributed by atoms with Gasteiger partial charge in [-0.2, -0.15) is 0 Å². The Morgan fingerprint density at radius 3 is 2.73 bits per heavy atom. The second-order valence-electron chi connectivity index (χ2n) is 6.08. The van der Waals surface area contributed by atoms with Crippen molar-refractivity contribution in [1.29, 1.82) is 0 Å². The smallest absolute Gasteiger partial charge is 0.198 e. The van der Waals surface area contributed by atoms with Crippen LogP contribution in [0.25, 0.3) is 11.0 Å². The molecule has 0 N–H and O–H groups in total. The Hall–Kier alpha value is -1.97. The highest BCUT2D eigenvalue weighted by atomic mass is 19.1. The van der Waals surface area contributed by atoms with Crippen molar-refractivity contribution in [3.05, 3.63) is 46.1 Å². The molecule has 0 bridgehead atoms. The number of rotatable bonds is 4. The Balaban J connectivity index is 1.77. The van der Waals surface area contributed by atoms with Gasteiger partial charge in [0.2, 0.25) is 0 Å².